The Morgan fingerprint density at radius 1 is 0.865 bits per heavy atom. The highest BCUT2D eigenvalue weighted by Gasteiger charge is 2.17. The number of benzene rings is 1. The first kappa shape index (κ1) is 22.6. The largest absolute Gasteiger partial charge is 0.358 e. The molecule has 6 rings (SSSR count). The Morgan fingerprint density at radius 3 is 2.51 bits per heavy atom. The lowest BCUT2D eigenvalue weighted by atomic mass is 9.93. The Labute approximate surface area is 214 Å². The number of anilines is 1. The number of nitrogens with zero attached hydrogens (tertiary/aromatic N) is 5. The molecule has 0 aliphatic rings. The van der Waals surface area contributed by atoms with Gasteiger partial charge < -0.3 is 10.3 Å². The molecule has 5 aromatic heterocycles. The highest BCUT2D eigenvalue weighted by molar-refractivity contribution is 5.98. The number of hydrogen-bond donors (Lipinski definition) is 3. The predicted molar refractivity (Wildman–Crippen MR) is 148 cm³/mol. The van der Waals surface area contributed by atoms with Gasteiger partial charge in [-0.05, 0) is 29.8 Å². The zero-order chi connectivity index (χ0) is 25.6. The highest BCUT2D eigenvalue weighted by atomic mass is 15.1. The molecule has 0 aliphatic heterocycles. The summed E-state index contributed by atoms with van der Waals surface area (Å²) in [5.41, 5.74) is 9.01. The number of nitrogens with one attached hydrogen (secondary N) is 3. The minimum absolute atomic E-state index is 0.0560. The summed E-state index contributed by atoms with van der Waals surface area (Å²) in [4.78, 5) is 21.4. The molecule has 0 unspecified atom stereocenters. The van der Waals surface area contributed by atoms with Crippen molar-refractivity contribution >= 4 is 27.6 Å². The van der Waals surface area contributed by atoms with Gasteiger partial charge in [-0.2, -0.15) is 5.10 Å². The van der Waals surface area contributed by atoms with Crippen LogP contribution in [-0.4, -0.2) is 35.1 Å². The molecule has 0 amide bonds. The average Bonchev–Trinajstić information content (AvgIpc) is 3.52. The molecule has 6 aromatic rings. The Morgan fingerprint density at radius 2 is 1.70 bits per heavy atom. The molecule has 0 spiro atoms. The van der Waals surface area contributed by atoms with Gasteiger partial charge in [0.25, 0.3) is 0 Å². The second-order valence-electron chi connectivity index (χ2n) is 10.1. The summed E-state index contributed by atoms with van der Waals surface area (Å²) >= 11 is 0. The summed E-state index contributed by atoms with van der Waals surface area (Å²) in [6, 6.07) is 12.2. The van der Waals surface area contributed by atoms with Crippen molar-refractivity contribution in [2.24, 2.45) is 5.41 Å². The van der Waals surface area contributed by atoms with Crippen molar-refractivity contribution in [2.45, 2.75) is 20.8 Å². The molecule has 8 heteroatoms. The van der Waals surface area contributed by atoms with Crippen LogP contribution in [-0.2, 0) is 0 Å². The van der Waals surface area contributed by atoms with Crippen molar-refractivity contribution in [3.8, 4) is 33.8 Å². The van der Waals surface area contributed by atoms with E-state index in [-0.39, 0.29) is 5.41 Å². The average molecular weight is 487 g/mol. The quantitative estimate of drug-likeness (QED) is 0.253. The van der Waals surface area contributed by atoms with Crippen molar-refractivity contribution in [1.29, 1.82) is 0 Å². The third-order valence-electron chi connectivity index (χ3n) is 6.43. The number of aromatic nitrogens is 7. The molecule has 5 heterocycles. The van der Waals surface area contributed by atoms with E-state index >= 15 is 0 Å². The monoisotopic (exact) mass is 486 g/mol. The smallest absolute Gasteiger partial charge is 0.159 e. The van der Waals surface area contributed by atoms with Gasteiger partial charge >= 0.3 is 0 Å². The van der Waals surface area contributed by atoms with Crippen LogP contribution in [0.1, 0.15) is 20.8 Å². The fourth-order valence-electron chi connectivity index (χ4n) is 4.18. The van der Waals surface area contributed by atoms with Crippen LogP contribution in [0.25, 0.3) is 55.7 Å². The molecular weight excluding hydrogens is 460 g/mol. The van der Waals surface area contributed by atoms with E-state index in [1.807, 2.05) is 43.0 Å². The van der Waals surface area contributed by atoms with E-state index in [0.29, 0.717) is 5.82 Å². The molecule has 182 valence electrons. The normalized spacial score (nSPS) is 11.8. The van der Waals surface area contributed by atoms with Crippen LogP contribution in [0.2, 0.25) is 0 Å². The van der Waals surface area contributed by atoms with Crippen LogP contribution in [0.3, 0.4) is 0 Å². The van der Waals surface area contributed by atoms with Crippen LogP contribution in [0.15, 0.2) is 85.9 Å². The maximum Gasteiger partial charge on any atom is 0.159 e. The van der Waals surface area contributed by atoms with Gasteiger partial charge in [0.2, 0.25) is 0 Å². The fraction of sp³-hybridized carbons (Fsp3) is 0.138. The van der Waals surface area contributed by atoms with Gasteiger partial charge in [0.1, 0.15) is 11.2 Å². The van der Waals surface area contributed by atoms with Gasteiger partial charge in [-0.3, -0.25) is 20.1 Å². The Bertz CT molecular complexity index is 1760. The van der Waals surface area contributed by atoms with Gasteiger partial charge in [-0.1, -0.05) is 39.5 Å². The van der Waals surface area contributed by atoms with Crippen molar-refractivity contribution < 1.29 is 0 Å². The van der Waals surface area contributed by atoms with Gasteiger partial charge in [-0.15, -0.1) is 0 Å². The fourth-order valence-corrected chi connectivity index (χ4v) is 4.18. The summed E-state index contributed by atoms with van der Waals surface area (Å²) in [5, 5.41) is 12.1. The number of allylic oxidation sites excluding steroid dienone is 1. The lowest BCUT2D eigenvalue weighted by molar-refractivity contribution is 0.509. The molecule has 0 bridgehead atoms. The molecule has 37 heavy (non-hydrogen) atoms. The zero-order valence-corrected chi connectivity index (χ0v) is 20.9. The number of aromatic amines is 2. The predicted octanol–water partition coefficient (Wildman–Crippen LogP) is 6.60. The number of rotatable bonds is 5. The minimum Gasteiger partial charge on any atom is -0.358 e. The molecular formula is C29H26N8. The SMILES string of the molecule is C=C(Nc1cncc(-c2ccc3[nH]nc(-c4nc5c(-c6cccnc6)cncc5[nH]4)c3c2)c1)C(C)(C)C. The van der Waals surface area contributed by atoms with Gasteiger partial charge in [0.05, 0.1) is 29.1 Å². The molecule has 0 fully saturated rings. The van der Waals surface area contributed by atoms with Gasteiger partial charge in [0.15, 0.2) is 5.82 Å². The second-order valence-corrected chi connectivity index (χ2v) is 10.1. The Hall–Kier alpha value is -4.85. The zero-order valence-electron chi connectivity index (χ0n) is 20.9. The van der Waals surface area contributed by atoms with E-state index in [2.05, 4.69) is 81.0 Å². The maximum atomic E-state index is 4.92. The molecule has 1 aromatic carbocycles. The summed E-state index contributed by atoms with van der Waals surface area (Å²) in [5.74, 6) is 0.673. The van der Waals surface area contributed by atoms with E-state index < -0.39 is 0 Å². The topological polar surface area (TPSA) is 108 Å². The van der Waals surface area contributed by atoms with Gasteiger partial charge in [0, 0.05) is 58.0 Å². The number of fused-ring (bicyclic) bond motifs is 2. The highest BCUT2D eigenvalue weighted by Crippen LogP contribution is 2.33. The number of hydrogen-bond acceptors (Lipinski definition) is 6. The van der Waals surface area contributed by atoms with Crippen LogP contribution >= 0.6 is 0 Å². The van der Waals surface area contributed by atoms with Gasteiger partial charge in [-0.25, -0.2) is 4.98 Å². The lowest BCUT2D eigenvalue weighted by Gasteiger charge is -2.23. The summed E-state index contributed by atoms with van der Waals surface area (Å²) < 4.78 is 0. The van der Waals surface area contributed by atoms with E-state index in [1.54, 1.807) is 12.4 Å². The molecule has 0 saturated carbocycles. The molecule has 0 saturated heterocycles. The minimum atomic E-state index is -0.0560. The van der Waals surface area contributed by atoms with E-state index in [9.17, 15) is 0 Å². The van der Waals surface area contributed by atoms with E-state index in [1.165, 1.54) is 0 Å². The molecule has 0 atom stereocenters. The van der Waals surface area contributed by atoms with E-state index in [0.717, 1.165) is 61.3 Å². The number of pyridine rings is 3. The summed E-state index contributed by atoms with van der Waals surface area (Å²) in [6.07, 6.45) is 10.8. The summed E-state index contributed by atoms with van der Waals surface area (Å²) in [6.45, 7) is 10.6. The van der Waals surface area contributed by atoms with Crippen molar-refractivity contribution in [1.82, 2.24) is 35.1 Å². The molecule has 8 nitrogen and oxygen atoms in total. The molecule has 3 N–H and O–H groups in total. The lowest BCUT2D eigenvalue weighted by Crippen LogP contribution is -2.15. The third-order valence-corrected chi connectivity index (χ3v) is 6.43. The Balaban J connectivity index is 1.40. The second kappa shape index (κ2) is 8.67. The Kier molecular flexibility index (Phi) is 5.30. The number of imidazole rings is 1. The molecule has 0 aliphatic carbocycles. The first-order valence-electron chi connectivity index (χ1n) is 12.0. The number of H-pyrrole nitrogens is 2. The first-order valence-corrected chi connectivity index (χ1v) is 12.0. The van der Waals surface area contributed by atoms with Crippen molar-refractivity contribution in [2.75, 3.05) is 5.32 Å². The standard InChI is InChI=1S/C29H26N8/c1-17(29(2,3)4)33-21-10-20(13-31-14-21)18-7-8-24-22(11-18)27(37-36-24)28-34-25-16-32-15-23(26(25)35-28)19-6-5-9-30-12-19/h5-16,33H,1H2,2-4H3,(H,34,35)(H,36,37). The van der Waals surface area contributed by atoms with Crippen LogP contribution in [0, 0.1) is 5.41 Å². The summed E-state index contributed by atoms with van der Waals surface area (Å²) in [7, 11) is 0. The van der Waals surface area contributed by atoms with Crippen molar-refractivity contribution in [3.05, 3.63) is 85.9 Å². The van der Waals surface area contributed by atoms with Crippen LogP contribution in [0.5, 0.6) is 0 Å². The van der Waals surface area contributed by atoms with Crippen LogP contribution in [0.4, 0.5) is 5.69 Å². The van der Waals surface area contributed by atoms with Crippen molar-refractivity contribution in [3.63, 3.8) is 0 Å². The maximum absolute atomic E-state index is 4.92. The van der Waals surface area contributed by atoms with Crippen LogP contribution < -0.4 is 5.32 Å². The first-order chi connectivity index (χ1) is 17.9. The molecule has 0 radical (unpaired) electrons. The third kappa shape index (κ3) is 4.23. The van der Waals surface area contributed by atoms with E-state index in [4.69, 9.17) is 4.98 Å².